The quantitative estimate of drug-likeness (QED) is 0.303. The van der Waals surface area contributed by atoms with E-state index in [1.165, 1.54) is 4.90 Å². The number of ether oxygens (including phenoxy) is 3. The fraction of sp³-hybridized carbons (Fsp3) is 0.595. The van der Waals surface area contributed by atoms with Gasteiger partial charge in [-0.15, -0.1) is 0 Å². The normalized spacial score (nSPS) is 30.9. The summed E-state index contributed by atoms with van der Waals surface area (Å²) in [6.45, 7) is 6.26. The van der Waals surface area contributed by atoms with Crippen molar-refractivity contribution in [3.63, 3.8) is 0 Å². The molecule has 286 valence electrons. The molecule has 7 atom stereocenters. The lowest BCUT2D eigenvalue weighted by atomic mass is 9.85. The highest BCUT2D eigenvalue weighted by atomic mass is 32.2. The van der Waals surface area contributed by atoms with E-state index in [0.29, 0.717) is 62.2 Å². The van der Waals surface area contributed by atoms with Crippen molar-refractivity contribution in [1.82, 2.24) is 25.2 Å². The van der Waals surface area contributed by atoms with Crippen molar-refractivity contribution in [2.45, 2.75) is 101 Å². The van der Waals surface area contributed by atoms with Gasteiger partial charge in [-0.1, -0.05) is 32.4 Å². The van der Waals surface area contributed by atoms with Gasteiger partial charge < -0.3 is 34.9 Å². The Morgan fingerprint density at radius 2 is 1.91 bits per heavy atom. The molecule has 0 spiro atoms. The third-order valence-corrected chi connectivity index (χ3v) is 13.7. The average molecular weight is 754 g/mol. The molecule has 16 heteroatoms. The molecule has 0 unspecified atom stereocenters. The molecule has 2 saturated carbocycles. The van der Waals surface area contributed by atoms with E-state index < -0.39 is 68.2 Å². The number of aromatic nitrogens is 1. The number of pyridine rings is 1. The van der Waals surface area contributed by atoms with Gasteiger partial charge in [-0.25, -0.2) is 18.2 Å². The number of amides is 4. The molecule has 4 N–H and O–H groups in total. The van der Waals surface area contributed by atoms with Gasteiger partial charge in [0.2, 0.25) is 27.7 Å². The molecular formula is C37H47N5O10S. The Bertz CT molecular complexity index is 1950. The third kappa shape index (κ3) is 7.09. The Morgan fingerprint density at radius 3 is 2.64 bits per heavy atom. The zero-order chi connectivity index (χ0) is 37.7. The molecule has 1 aromatic carbocycles. The summed E-state index contributed by atoms with van der Waals surface area (Å²) in [4.78, 5) is 60.7. The summed E-state index contributed by atoms with van der Waals surface area (Å²) in [5, 5.41) is 16.5. The van der Waals surface area contributed by atoms with Crippen molar-refractivity contribution in [3.8, 4) is 17.4 Å². The van der Waals surface area contributed by atoms with Gasteiger partial charge in [-0.2, -0.15) is 0 Å². The number of carbonyl (C=O) groups excluding carboxylic acids is 3. The molecule has 53 heavy (non-hydrogen) atoms. The summed E-state index contributed by atoms with van der Waals surface area (Å²) in [6, 6.07) is 3.04. The van der Waals surface area contributed by atoms with Gasteiger partial charge in [0.1, 0.15) is 36.9 Å². The van der Waals surface area contributed by atoms with E-state index in [0.717, 1.165) is 11.8 Å². The number of nitrogens with one attached hydrogen (secondary N) is 3. The molecule has 3 fully saturated rings. The van der Waals surface area contributed by atoms with Gasteiger partial charge in [0.05, 0.1) is 11.3 Å². The molecule has 3 aliphatic heterocycles. The van der Waals surface area contributed by atoms with E-state index >= 15 is 0 Å². The van der Waals surface area contributed by atoms with Gasteiger partial charge in [0, 0.05) is 29.3 Å². The number of fused-ring (bicyclic) bond motifs is 5. The van der Waals surface area contributed by atoms with Crippen LogP contribution in [0.3, 0.4) is 0 Å². The van der Waals surface area contributed by atoms with Gasteiger partial charge in [0.15, 0.2) is 11.5 Å². The predicted octanol–water partition coefficient (Wildman–Crippen LogP) is 3.27. The van der Waals surface area contributed by atoms with Crippen LogP contribution in [0.2, 0.25) is 0 Å². The van der Waals surface area contributed by atoms with Crippen molar-refractivity contribution in [3.05, 3.63) is 36.5 Å². The highest BCUT2D eigenvalue weighted by Crippen LogP contribution is 2.48. The minimum Gasteiger partial charge on any atom is -0.486 e. The van der Waals surface area contributed by atoms with Crippen molar-refractivity contribution < 1.29 is 46.9 Å². The van der Waals surface area contributed by atoms with E-state index in [4.69, 9.17) is 14.2 Å². The van der Waals surface area contributed by atoms with Crippen LogP contribution in [-0.2, 0) is 24.4 Å². The highest BCUT2D eigenvalue weighted by molar-refractivity contribution is 7.91. The molecule has 2 aliphatic carbocycles. The van der Waals surface area contributed by atoms with Crippen LogP contribution >= 0.6 is 0 Å². The summed E-state index contributed by atoms with van der Waals surface area (Å²) in [7, 11) is -4.01. The van der Waals surface area contributed by atoms with E-state index in [-0.39, 0.29) is 37.1 Å². The number of sulfonamides is 1. The lowest BCUT2D eigenvalue weighted by Gasteiger charge is -2.33. The van der Waals surface area contributed by atoms with E-state index in [1.807, 2.05) is 26.0 Å². The van der Waals surface area contributed by atoms with Gasteiger partial charge in [-0.05, 0) is 75.5 Å². The average Bonchev–Trinajstić information content (AvgIpc) is 4.01. The van der Waals surface area contributed by atoms with Crippen LogP contribution in [0.5, 0.6) is 17.4 Å². The lowest BCUT2D eigenvalue weighted by Crippen LogP contribution is -2.59. The molecule has 4 amide bonds. The van der Waals surface area contributed by atoms with Crippen molar-refractivity contribution in [2.24, 2.45) is 17.8 Å². The Morgan fingerprint density at radius 1 is 1.13 bits per heavy atom. The summed E-state index contributed by atoms with van der Waals surface area (Å²) in [5.41, 5.74) is -1.55. The molecule has 7 rings (SSSR count). The predicted molar refractivity (Wildman–Crippen MR) is 192 cm³/mol. The molecule has 0 bridgehead atoms. The van der Waals surface area contributed by atoms with Crippen LogP contribution in [-0.4, -0.2) is 95.5 Å². The van der Waals surface area contributed by atoms with Crippen LogP contribution in [0.15, 0.2) is 36.5 Å². The SMILES string of the molecule is CC[C@@H]1C[C@@H](C)CCC=C[C@@H]2C[C@@]2(C(=O)NS(=O)(=O)C2(C)CC2)NC(=O)[C@@H]2C[C@@H](Oc3nccc4c5c(ccc34)OCCO5)CN2C(=O)[C@H]1NC(=O)O. The maximum Gasteiger partial charge on any atom is 0.405 e. The fourth-order valence-corrected chi connectivity index (χ4v) is 9.25. The maximum absolute atomic E-state index is 14.6. The summed E-state index contributed by atoms with van der Waals surface area (Å²) in [6.07, 6.45) is 6.76. The number of hydrogen-bond acceptors (Lipinski definition) is 10. The standard InChI is InChI=1S/C37H47N5O10S/c1-4-22-17-21(2)7-5-6-8-23-19-37(23,34(45)41-53(48,49)36(3)12-13-36)40-31(43)27-18-24(20-42(27)33(44)29(22)39-35(46)47)52-32-26-9-10-28-30(51-16-15-50-28)25(26)11-14-38-32/h6,8-11,14,21-24,27,29,39H,4-5,7,12-13,15-20H2,1-3H3,(H,40,43)(H,41,45)(H,46,47)/t21-,22+,23+,24+,27-,29-,37+/m0/s1. The van der Waals surface area contributed by atoms with E-state index in [1.54, 1.807) is 31.3 Å². The molecule has 1 aromatic heterocycles. The second-order valence-electron chi connectivity index (χ2n) is 15.4. The minimum atomic E-state index is -4.01. The zero-order valence-electron chi connectivity index (χ0n) is 30.1. The van der Waals surface area contributed by atoms with E-state index in [2.05, 4.69) is 20.3 Å². The number of nitrogens with zero attached hydrogens (tertiary/aromatic N) is 2. The fourth-order valence-electron chi connectivity index (χ4n) is 7.94. The second-order valence-corrected chi connectivity index (χ2v) is 17.6. The molecule has 2 aromatic rings. The largest absolute Gasteiger partial charge is 0.486 e. The van der Waals surface area contributed by atoms with Crippen LogP contribution in [0, 0.1) is 17.8 Å². The zero-order valence-corrected chi connectivity index (χ0v) is 30.9. The number of allylic oxidation sites excluding steroid dienone is 1. The van der Waals surface area contributed by atoms with Crippen LogP contribution in [0.25, 0.3) is 10.8 Å². The van der Waals surface area contributed by atoms with Gasteiger partial charge in [0.25, 0.3) is 5.91 Å². The van der Waals surface area contributed by atoms with Crippen molar-refractivity contribution in [2.75, 3.05) is 19.8 Å². The molecular weight excluding hydrogens is 706 g/mol. The van der Waals surface area contributed by atoms with Crippen molar-refractivity contribution in [1.29, 1.82) is 0 Å². The molecule has 5 aliphatic rings. The molecule has 4 heterocycles. The number of carboxylic acid groups (broad SMARTS) is 1. The van der Waals surface area contributed by atoms with Crippen molar-refractivity contribution >= 4 is 44.6 Å². The Kier molecular flexibility index (Phi) is 9.70. The molecule has 15 nitrogen and oxygen atoms in total. The topological polar surface area (TPSA) is 203 Å². The minimum absolute atomic E-state index is 0.00174. The van der Waals surface area contributed by atoms with Crippen LogP contribution in [0.4, 0.5) is 4.79 Å². The number of rotatable bonds is 7. The first-order valence-electron chi connectivity index (χ1n) is 18.4. The molecule has 0 radical (unpaired) electrons. The first kappa shape index (κ1) is 36.7. The third-order valence-electron chi connectivity index (χ3n) is 11.6. The highest BCUT2D eigenvalue weighted by Gasteiger charge is 2.63. The molecule has 1 saturated heterocycles. The van der Waals surface area contributed by atoms with Crippen LogP contribution < -0.4 is 29.6 Å². The summed E-state index contributed by atoms with van der Waals surface area (Å²) >= 11 is 0. The van der Waals surface area contributed by atoms with Crippen LogP contribution in [0.1, 0.15) is 72.1 Å². The first-order valence-corrected chi connectivity index (χ1v) is 19.9. The maximum atomic E-state index is 14.6. The second kappa shape index (κ2) is 14.0. The van der Waals surface area contributed by atoms with Gasteiger partial charge >= 0.3 is 6.09 Å². The first-order chi connectivity index (χ1) is 25.2. The Labute approximate surface area is 308 Å². The summed E-state index contributed by atoms with van der Waals surface area (Å²) in [5.74, 6) is -1.35. The number of benzene rings is 1. The van der Waals surface area contributed by atoms with Gasteiger partial charge in [-0.3, -0.25) is 19.1 Å². The summed E-state index contributed by atoms with van der Waals surface area (Å²) < 4.78 is 45.5. The lowest BCUT2D eigenvalue weighted by molar-refractivity contribution is -0.142. The Balaban J connectivity index is 1.22. The monoisotopic (exact) mass is 753 g/mol. The number of hydrogen-bond donors (Lipinski definition) is 4. The Hall–Kier alpha value is -4.60. The van der Waals surface area contributed by atoms with E-state index in [9.17, 15) is 32.7 Å². The smallest absolute Gasteiger partial charge is 0.405 e. The number of carbonyl (C=O) groups is 4.